The summed E-state index contributed by atoms with van der Waals surface area (Å²) in [7, 11) is 0. The third-order valence-electron chi connectivity index (χ3n) is 3.04. The fraction of sp³-hybridized carbons (Fsp3) is 0.412. The fourth-order valence-corrected chi connectivity index (χ4v) is 1.72. The van der Waals surface area contributed by atoms with Gasteiger partial charge in [0.1, 0.15) is 0 Å². The summed E-state index contributed by atoms with van der Waals surface area (Å²) in [4.78, 5) is 16.1. The van der Waals surface area contributed by atoms with Gasteiger partial charge in [-0.15, -0.1) is 0 Å². The highest BCUT2D eigenvalue weighted by molar-refractivity contribution is 5.94. The summed E-state index contributed by atoms with van der Waals surface area (Å²) >= 11 is 0. The van der Waals surface area contributed by atoms with Crippen molar-refractivity contribution in [3.05, 3.63) is 47.5 Å². The highest BCUT2D eigenvalue weighted by Crippen LogP contribution is 2.06. The SMILES string of the molecule is C=C(C)CNC(N)=NCc1ccc(C(=O)NCCCC)cc1. The minimum atomic E-state index is -0.0360. The Morgan fingerprint density at radius 1 is 1.27 bits per heavy atom. The number of nitrogens with two attached hydrogens (primary N) is 1. The lowest BCUT2D eigenvalue weighted by Gasteiger charge is -2.06. The maximum atomic E-state index is 11.9. The van der Waals surface area contributed by atoms with Gasteiger partial charge < -0.3 is 16.4 Å². The molecular formula is C17H26N4O. The first-order valence-electron chi connectivity index (χ1n) is 7.58. The van der Waals surface area contributed by atoms with Crippen LogP contribution >= 0.6 is 0 Å². The molecule has 0 radical (unpaired) electrons. The molecule has 0 unspecified atom stereocenters. The summed E-state index contributed by atoms with van der Waals surface area (Å²) in [5.74, 6) is 0.357. The van der Waals surface area contributed by atoms with Crippen LogP contribution in [0.4, 0.5) is 0 Å². The molecule has 0 spiro atoms. The van der Waals surface area contributed by atoms with Crippen LogP contribution in [0.1, 0.15) is 42.6 Å². The Morgan fingerprint density at radius 3 is 2.55 bits per heavy atom. The van der Waals surface area contributed by atoms with Gasteiger partial charge in [-0.2, -0.15) is 0 Å². The Hall–Kier alpha value is -2.30. The minimum absolute atomic E-state index is 0.0360. The standard InChI is InChI=1S/C17H26N4O/c1-4-5-10-19-16(22)15-8-6-14(7-9-15)12-21-17(18)20-11-13(2)3/h6-9H,2,4-5,10-12H2,1,3H3,(H,19,22)(H3,18,20,21). The third kappa shape index (κ3) is 6.92. The smallest absolute Gasteiger partial charge is 0.251 e. The average Bonchev–Trinajstić information content (AvgIpc) is 2.51. The van der Waals surface area contributed by atoms with E-state index in [1.807, 2.05) is 31.2 Å². The number of hydrogen-bond donors (Lipinski definition) is 3. The van der Waals surface area contributed by atoms with Crippen LogP contribution in [0, 0.1) is 0 Å². The fourth-order valence-electron chi connectivity index (χ4n) is 1.72. The van der Waals surface area contributed by atoms with Gasteiger partial charge in [0, 0.05) is 18.7 Å². The van der Waals surface area contributed by atoms with Crippen molar-refractivity contribution in [3.8, 4) is 0 Å². The molecule has 0 aliphatic rings. The summed E-state index contributed by atoms with van der Waals surface area (Å²) in [6, 6.07) is 7.40. The van der Waals surface area contributed by atoms with Crippen LogP contribution in [0.15, 0.2) is 41.4 Å². The van der Waals surface area contributed by atoms with Crippen molar-refractivity contribution >= 4 is 11.9 Å². The van der Waals surface area contributed by atoms with Gasteiger partial charge in [-0.3, -0.25) is 4.79 Å². The first kappa shape index (κ1) is 17.8. The molecule has 0 bridgehead atoms. The molecule has 0 saturated carbocycles. The number of nitrogens with zero attached hydrogens (tertiary/aromatic N) is 1. The van der Waals surface area contributed by atoms with E-state index in [0.717, 1.165) is 24.0 Å². The number of aliphatic imine (C=N–C) groups is 1. The zero-order chi connectivity index (χ0) is 16.4. The van der Waals surface area contributed by atoms with Crippen LogP contribution in [-0.2, 0) is 6.54 Å². The van der Waals surface area contributed by atoms with Crippen molar-refractivity contribution in [1.29, 1.82) is 0 Å². The van der Waals surface area contributed by atoms with Crippen molar-refractivity contribution in [1.82, 2.24) is 10.6 Å². The molecule has 5 heteroatoms. The second-order valence-electron chi connectivity index (χ2n) is 5.32. The predicted octanol–water partition coefficient (Wildman–Crippen LogP) is 2.20. The number of nitrogens with one attached hydrogen (secondary N) is 2. The second-order valence-corrected chi connectivity index (χ2v) is 5.32. The van der Waals surface area contributed by atoms with E-state index >= 15 is 0 Å². The third-order valence-corrected chi connectivity index (χ3v) is 3.04. The molecular weight excluding hydrogens is 276 g/mol. The molecule has 22 heavy (non-hydrogen) atoms. The van der Waals surface area contributed by atoms with E-state index in [1.165, 1.54) is 0 Å². The van der Waals surface area contributed by atoms with Crippen molar-refractivity contribution in [3.63, 3.8) is 0 Å². The molecule has 0 fully saturated rings. The molecule has 0 aliphatic heterocycles. The molecule has 1 aromatic rings. The maximum Gasteiger partial charge on any atom is 0.251 e. The van der Waals surface area contributed by atoms with Gasteiger partial charge in [0.05, 0.1) is 6.54 Å². The molecule has 0 saturated heterocycles. The van der Waals surface area contributed by atoms with Crippen LogP contribution in [0.3, 0.4) is 0 Å². The lowest BCUT2D eigenvalue weighted by Crippen LogP contribution is -2.32. The van der Waals surface area contributed by atoms with Gasteiger partial charge in [0.2, 0.25) is 0 Å². The molecule has 1 aromatic carbocycles. The molecule has 1 amide bonds. The number of guanidine groups is 1. The summed E-state index contributed by atoms with van der Waals surface area (Å²) in [5.41, 5.74) is 8.42. The molecule has 0 atom stereocenters. The average molecular weight is 302 g/mol. The number of amides is 1. The number of unbranched alkanes of at least 4 members (excludes halogenated alkanes) is 1. The normalized spacial score (nSPS) is 11.1. The Kier molecular flexibility index (Phi) is 7.75. The first-order valence-corrected chi connectivity index (χ1v) is 7.58. The van der Waals surface area contributed by atoms with Crippen molar-refractivity contribution in [2.45, 2.75) is 33.2 Å². The minimum Gasteiger partial charge on any atom is -0.370 e. The predicted molar refractivity (Wildman–Crippen MR) is 91.8 cm³/mol. The van der Waals surface area contributed by atoms with Crippen LogP contribution in [0.2, 0.25) is 0 Å². The highest BCUT2D eigenvalue weighted by Gasteiger charge is 2.04. The molecule has 5 nitrogen and oxygen atoms in total. The van der Waals surface area contributed by atoms with Gasteiger partial charge >= 0.3 is 0 Å². The topological polar surface area (TPSA) is 79.5 Å². The Labute approximate surface area is 132 Å². The molecule has 4 N–H and O–H groups in total. The first-order chi connectivity index (χ1) is 10.5. The zero-order valence-electron chi connectivity index (χ0n) is 13.5. The van der Waals surface area contributed by atoms with E-state index in [-0.39, 0.29) is 5.91 Å². The lowest BCUT2D eigenvalue weighted by atomic mass is 10.1. The van der Waals surface area contributed by atoms with Gasteiger partial charge in [0.25, 0.3) is 5.91 Å². The van der Waals surface area contributed by atoms with Gasteiger partial charge in [-0.1, -0.05) is 37.6 Å². The van der Waals surface area contributed by atoms with Crippen molar-refractivity contribution < 1.29 is 4.79 Å². The Balaban J connectivity index is 2.49. The van der Waals surface area contributed by atoms with Gasteiger partial charge in [-0.25, -0.2) is 4.99 Å². The number of rotatable bonds is 8. The Bertz CT molecular complexity index is 520. The van der Waals surface area contributed by atoms with E-state index in [1.54, 1.807) is 0 Å². The molecule has 0 heterocycles. The van der Waals surface area contributed by atoms with E-state index in [4.69, 9.17) is 5.73 Å². The highest BCUT2D eigenvalue weighted by atomic mass is 16.1. The number of hydrogen-bond acceptors (Lipinski definition) is 2. The van der Waals surface area contributed by atoms with E-state index in [9.17, 15) is 4.79 Å². The van der Waals surface area contributed by atoms with Crippen molar-refractivity contribution in [2.24, 2.45) is 10.7 Å². The summed E-state index contributed by atoms with van der Waals surface area (Å²) in [6.07, 6.45) is 2.06. The molecule has 0 aliphatic carbocycles. The van der Waals surface area contributed by atoms with Crippen LogP contribution < -0.4 is 16.4 Å². The van der Waals surface area contributed by atoms with Crippen LogP contribution in [0.25, 0.3) is 0 Å². The number of benzene rings is 1. The largest absolute Gasteiger partial charge is 0.370 e. The van der Waals surface area contributed by atoms with Crippen LogP contribution in [-0.4, -0.2) is 25.0 Å². The summed E-state index contributed by atoms with van der Waals surface area (Å²) < 4.78 is 0. The Morgan fingerprint density at radius 2 is 1.95 bits per heavy atom. The number of carbonyl (C=O) groups excluding carboxylic acids is 1. The van der Waals surface area contributed by atoms with E-state index < -0.39 is 0 Å². The maximum absolute atomic E-state index is 11.9. The second kappa shape index (κ2) is 9.60. The van der Waals surface area contributed by atoms with E-state index in [0.29, 0.717) is 31.2 Å². The molecule has 0 aromatic heterocycles. The lowest BCUT2D eigenvalue weighted by molar-refractivity contribution is 0.0953. The zero-order valence-corrected chi connectivity index (χ0v) is 13.5. The number of carbonyl (C=O) groups is 1. The molecule has 1 rings (SSSR count). The quantitative estimate of drug-likeness (QED) is 0.298. The summed E-state index contributed by atoms with van der Waals surface area (Å²) in [5, 5.41) is 5.87. The van der Waals surface area contributed by atoms with Crippen LogP contribution in [0.5, 0.6) is 0 Å². The molecule has 120 valence electrons. The van der Waals surface area contributed by atoms with Crippen molar-refractivity contribution in [2.75, 3.05) is 13.1 Å². The van der Waals surface area contributed by atoms with Gasteiger partial charge in [-0.05, 0) is 31.0 Å². The van der Waals surface area contributed by atoms with E-state index in [2.05, 4.69) is 29.1 Å². The van der Waals surface area contributed by atoms with Gasteiger partial charge in [0.15, 0.2) is 5.96 Å². The summed E-state index contributed by atoms with van der Waals surface area (Å²) in [6.45, 7) is 9.61. The monoisotopic (exact) mass is 302 g/mol.